The van der Waals surface area contributed by atoms with Gasteiger partial charge in [0.25, 0.3) is 0 Å². The fourth-order valence-electron chi connectivity index (χ4n) is 3.78. The fourth-order valence-corrected chi connectivity index (χ4v) is 4.19. The van der Waals surface area contributed by atoms with Crippen LogP contribution in [0.4, 0.5) is 0 Å². The molecule has 8 heteroatoms. The van der Waals surface area contributed by atoms with E-state index in [0.29, 0.717) is 30.0 Å². The lowest BCUT2D eigenvalue weighted by Gasteiger charge is -2.39. The summed E-state index contributed by atoms with van der Waals surface area (Å²) in [7, 11) is 0. The molecule has 1 aromatic carbocycles. The lowest BCUT2D eigenvalue weighted by Crippen LogP contribution is -2.32. The maximum atomic E-state index is 12.5. The number of thioether (sulfide) groups is 1. The van der Waals surface area contributed by atoms with Crippen LogP contribution in [0.2, 0.25) is 0 Å². The van der Waals surface area contributed by atoms with Crippen LogP contribution in [-0.2, 0) is 6.42 Å². The van der Waals surface area contributed by atoms with Crippen molar-refractivity contribution in [3.63, 3.8) is 0 Å². The predicted octanol–water partition coefficient (Wildman–Crippen LogP) is 4.40. The van der Waals surface area contributed by atoms with Crippen molar-refractivity contribution in [2.24, 2.45) is 10.6 Å². The van der Waals surface area contributed by atoms with Gasteiger partial charge in [0.1, 0.15) is 5.56 Å². The van der Waals surface area contributed by atoms with Crippen LogP contribution in [0.15, 0.2) is 34.4 Å². The molecule has 2 heterocycles. The third-order valence-corrected chi connectivity index (χ3v) is 6.05. The Morgan fingerprint density at radius 1 is 1.33 bits per heavy atom. The van der Waals surface area contributed by atoms with Gasteiger partial charge in [0, 0.05) is 29.0 Å². The summed E-state index contributed by atoms with van der Waals surface area (Å²) in [4.78, 5) is 35.0. The van der Waals surface area contributed by atoms with Gasteiger partial charge in [-0.1, -0.05) is 20.8 Å². The van der Waals surface area contributed by atoms with Crippen LogP contribution in [0.1, 0.15) is 49.2 Å². The fraction of sp³-hybridized carbons (Fsp3) is 0.455. The maximum absolute atomic E-state index is 12.5. The number of phenols is 1. The highest BCUT2D eigenvalue weighted by Gasteiger charge is 2.34. The van der Waals surface area contributed by atoms with Crippen LogP contribution in [0.3, 0.4) is 0 Å². The van der Waals surface area contributed by atoms with Crippen molar-refractivity contribution < 1.29 is 14.6 Å². The van der Waals surface area contributed by atoms with Crippen LogP contribution < -0.4 is 10.2 Å². The Balaban J connectivity index is 2.12. The first-order chi connectivity index (χ1) is 14.2. The second-order valence-corrected chi connectivity index (χ2v) is 9.48. The van der Waals surface area contributed by atoms with Gasteiger partial charge in [-0.05, 0) is 48.0 Å². The number of pyridine rings is 1. The van der Waals surface area contributed by atoms with E-state index in [0.717, 1.165) is 17.7 Å². The number of nitrogens with zero attached hydrogens (tertiary/aromatic N) is 2. The molecule has 30 heavy (non-hydrogen) atoms. The molecule has 1 amide bonds. The summed E-state index contributed by atoms with van der Waals surface area (Å²) in [5, 5.41) is 12.9. The lowest BCUT2D eigenvalue weighted by atomic mass is 9.78. The van der Waals surface area contributed by atoms with Gasteiger partial charge >= 0.3 is 5.91 Å². The van der Waals surface area contributed by atoms with E-state index in [2.05, 4.69) is 25.9 Å². The molecule has 0 saturated heterocycles. The van der Waals surface area contributed by atoms with Crippen LogP contribution in [0.25, 0.3) is 11.3 Å². The van der Waals surface area contributed by atoms with Gasteiger partial charge in [0.2, 0.25) is 0 Å². The number of rotatable bonds is 6. The molecule has 0 radical (unpaired) electrons. The number of ether oxygens (including phenoxy) is 1. The second kappa shape index (κ2) is 8.63. The van der Waals surface area contributed by atoms with Gasteiger partial charge in [0.05, 0.1) is 12.3 Å². The first kappa shape index (κ1) is 22.1. The van der Waals surface area contributed by atoms with E-state index in [1.807, 2.05) is 16.9 Å². The number of amides is 1. The number of carbonyl (C=O) groups is 1. The van der Waals surface area contributed by atoms with Gasteiger partial charge in [-0.3, -0.25) is 9.59 Å². The van der Waals surface area contributed by atoms with Crippen molar-refractivity contribution in [2.45, 2.75) is 39.7 Å². The van der Waals surface area contributed by atoms with Gasteiger partial charge in [-0.25, -0.2) is 0 Å². The summed E-state index contributed by atoms with van der Waals surface area (Å²) < 4.78 is 7.63. The minimum absolute atomic E-state index is 0.000760. The Labute approximate surface area is 179 Å². The summed E-state index contributed by atoms with van der Waals surface area (Å²) >= 11 is 1.74. The van der Waals surface area contributed by atoms with Crippen LogP contribution in [0.5, 0.6) is 11.5 Å². The topological polar surface area (TPSA) is 98.0 Å². The zero-order valence-corrected chi connectivity index (χ0v) is 18.4. The smallest absolute Gasteiger partial charge is 0.322 e. The largest absolute Gasteiger partial charge is 0.504 e. The highest BCUT2D eigenvalue weighted by molar-refractivity contribution is 7.98. The minimum Gasteiger partial charge on any atom is -0.504 e. The first-order valence-corrected chi connectivity index (χ1v) is 11.2. The zero-order chi connectivity index (χ0) is 22.1. The maximum Gasteiger partial charge on any atom is 0.322 e. The summed E-state index contributed by atoms with van der Waals surface area (Å²) in [5.41, 5.74) is 1.24. The van der Waals surface area contributed by atoms with Crippen molar-refractivity contribution >= 4 is 17.7 Å². The van der Waals surface area contributed by atoms with E-state index in [9.17, 15) is 19.6 Å². The Kier molecular flexibility index (Phi) is 6.36. The molecule has 0 fully saturated rings. The number of hydrogen-bond donors (Lipinski definition) is 1. The van der Waals surface area contributed by atoms with Crippen LogP contribution >= 0.6 is 11.8 Å². The summed E-state index contributed by atoms with van der Waals surface area (Å²) in [5.74, 6) is 0.326. The van der Waals surface area contributed by atoms with E-state index in [1.54, 1.807) is 17.8 Å². The molecule has 7 nitrogen and oxygen atoms in total. The van der Waals surface area contributed by atoms with Crippen molar-refractivity contribution in [1.82, 2.24) is 4.57 Å². The van der Waals surface area contributed by atoms with Gasteiger partial charge < -0.3 is 14.4 Å². The molecule has 0 aliphatic carbocycles. The Bertz CT molecular complexity index is 1040. The molecule has 1 unspecified atom stereocenters. The molecule has 1 aliphatic rings. The Morgan fingerprint density at radius 2 is 2.07 bits per heavy atom. The normalized spacial score (nSPS) is 15.3. The van der Waals surface area contributed by atoms with Crippen molar-refractivity contribution in [2.75, 3.05) is 18.6 Å². The van der Waals surface area contributed by atoms with Crippen molar-refractivity contribution in [3.8, 4) is 22.8 Å². The van der Waals surface area contributed by atoms with Crippen molar-refractivity contribution in [3.05, 3.63) is 50.7 Å². The summed E-state index contributed by atoms with van der Waals surface area (Å²) in [6, 6.07) is 4.70. The molecule has 0 spiro atoms. The van der Waals surface area contributed by atoms with E-state index in [-0.39, 0.29) is 22.8 Å². The second-order valence-electron chi connectivity index (χ2n) is 8.50. The Hall–Kier alpha value is -2.61. The van der Waals surface area contributed by atoms with Crippen LogP contribution in [0, 0.1) is 10.3 Å². The highest BCUT2D eigenvalue weighted by Crippen LogP contribution is 2.45. The number of fused-ring (bicyclic) bond motifs is 3. The number of nitroso groups, excluding NO2 is 1. The quantitative estimate of drug-likeness (QED) is 0.539. The Morgan fingerprint density at radius 3 is 2.70 bits per heavy atom. The molecule has 160 valence electrons. The number of hydrogen-bond acceptors (Lipinski definition) is 6. The SMILES string of the molecule is CSCCCOc1cc2c(cc1O)-c1cc(=O)c(C(=O)N=O)cn1C(C(C)(C)C)C2. The van der Waals surface area contributed by atoms with E-state index < -0.39 is 11.3 Å². The summed E-state index contributed by atoms with van der Waals surface area (Å²) in [6.45, 7) is 6.73. The van der Waals surface area contributed by atoms with Gasteiger partial charge in [-0.15, -0.1) is 4.91 Å². The molecule has 2 aromatic rings. The molecular formula is C22H26N2O5S. The van der Waals surface area contributed by atoms with E-state index in [1.165, 1.54) is 12.3 Å². The molecule has 3 rings (SSSR count). The average Bonchev–Trinajstić information content (AvgIpc) is 2.69. The minimum atomic E-state index is -1.08. The lowest BCUT2D eigenvalue weighted by molar-refractivity contribution is 0.0998. The van der Waals surface area contributed by atoms with Gasteiger partial charge in [-0.2, -0.15) is 11.8 Å². The molecule has 0 bridgehead atoms. The van der Waals surface area contributed by atoms with E-state index >= 15 is 0 Å². The molecule has 1 atom stereocenters. The molecule has 1 aliphatic heterocycles. The van der Waals surface area contributed by atoms with E-state index in [4.69, 9.17) is 4.74 Å². The molecule has 1 aromatic heterocycles. The third kappa shape index (κ3) is 4.28. The standard InChI is InChI=1S/C22H26N2O5S/c1-22(2,3)20-9-13-8-19(29-6-5-7-30-4)18(26)10-14(13)16-11-17(25)15(12-24(16)20)21(27)23-28/h8,10-12,20,26H,5-7,9H2,1-4H3. The number of aromatic hydroxyl groups is 1. The number of carbonyl (C=O) groups excluding carboxylic acids is 1. The van der Waals surface area contributed by atoms with Crippen LogP contribution in [-0.4, -0.2) is 34.2 Å². The third-order valence-electron chi connectivity index (χ3n) is 5.35. The first-order valence-electron chi connectivity index (χ1n) is 9.79. The predicted molar refractivity (Wildman–Crippen MR) is 119 cm³/mol. The highest BCUT2D eigenvalue weighted by atomic mass is 32.2. The molecule has 0 saturated carbocycles. The molecular weight excluding hydrogens is 404 g/mol. The zero-order valence-electron chi connectivity index (χ0n) is 17.6. The molecule has 1 N–H and O–H groups in total. The monoisotopic (exact) mass is 430 g/mol. The summed E-state index contributed by atoms with van der Waals surface area (Å²) in [6.07, 6.45) is 4.96. The number of phenolic OH excluding ortho intramolecular Hbond substituents is 1. The number of aromatic nitrogens is 1. The average molecular weight is 431 g/mol. The van der Waals surface area contributed by atoms with Crippen molar-refractivity contribution in [1.29, 1.82) is 0 Å². The van der Waals surface area contributed by atoms with Gasteiger partial charge in [0.15, 0.2) is 16.9 Å². The number of benzene rings is 1.